The van der Waals surface area contributed by atoms with Gasteiger partial charge in [0.15, 0.2) is 0 Å². The zero-order valence-corrected chi connectivity index (χ0v) is 18.9. The van der Waals surface area contributed by atoms with Gasteiger partial charge in [-0.25, -0.2) is 0 Å². The highest BCUT2D eigenvalue weighted by molar-refractivity contribution is 6.99. The van der Waals surface area contributed by atoms with Gasteiger partial charge in [-0.3, -0.25) is 0 Å². The molecule has 0 amide bonds. The largest absolute Gasteiger partial charge is 0.401 e. The summed E-state index contributed by atoms with van der Waals surface area (Å²) in [6.45, 7) is 12.8. The lowest BCUT2D eigenvalue weighted by atomic mass is 10.1. The number of rotatable bonds is 10. The van der Waals surface area contributed by atoms with Crippen LogP contribution in [0.15, 0.2) is 73.3 Å². The summed E-state index contributed by atoms with van der Waals surface area (Å²) in [5, 5.41) is 13.1. The molecule has 2 aromatic carbocycles. The summed E-state index contributed by atoms with van der Waals surface area (Å²) in [5.41, 5.74) is 0. The molecule has 0 aromatic heterocycles. The van der Waals surface area contributed by atoms with Gasteiger partial charge in [-0.1, -0.05) is 114 Å². The van der Waals surface area contributed by atoms with Gasteiger partial charge in [-0.2, -0.15) is 0 Å². The van der Waals surface area contributed by atoms with Crippen molar-refractivity contribution in [2.24, 2.45) is 0 Å². The van der Waals surface area contributed by atoms with Gasteiger partial charge in [0.1, 0.15) is 0 Å². The van der Waals surface area contributed by atoms with Crippen molar-refractivity contribution in [3.63, 3.8) is 0 Å². The highest BCUT2D eigenvalue weighted by atomic mass is 28.4. The second kappa shape index (κ2) is 10.2. The summed E-state index contributed by atoms with van der Waals surface area (Å²) in [6, 6.07) is 21.2. The minimum atomic E-state index is -2.66. The SMILES string of the molecule is C=CC(O)[C@H](CCCCC)O[Si](c1ccccc1)(c1ccccc1)C(C)(C)C. The van der Waals surface area contributed by atoms with Crippen LogP contribution in [0, 0.1) is 0 Å². The average Bonchev–Trinajstić information content (AvgIpc) is 2.70. The van der Waals surface area contributed by atoms with Crippen molar-refractivity contribution < 1.29 is 9.53 Å². The first-order valence-corrected chi connectivity index (χ1v) is 12.4. The lowest BCUT2D eigenvalue weighted by Gasteiger charge is -2.45. The minimum absolute atomic E-state index is 0.0976. The molecule has 152 valence electrons. The summed E-state index contributed by atoms with van der Waals surface area (Å²) in [7, 11) is -2.66. The Kier molecular flexibility index (Phi) is 8.23. The van der Waals surface area contributed by atoms with Crippen LogP contribution in [0.25, 0.3) is 0 Å². The van der Waals surface area contributed by atoms with Crippen molar-refractivity contribution in [1.82, 2.24) is 0 Å². The molecule has 0 radical (unpaired) electrons. The van der Waals surface area contributed by atoms with Crippen molar-refractivity contribution >= 4 is 18.7 Å². The van der Waals surface area contributed by atoms with Crippen molar-refractivity contribution in [3.05, 3.63) is 73.3 Å². The molecule has 0 saturated carbocycles. The van der Waals surface area contributed by atoms with Gasteiger partial charge in [0.2, 0.25) is 0 Å². The molecule has 0 aliphatic rings. The molecule has 0 aliphatic carbocycles. The minimum Gasteiger partial charge on any atom is -0.401 e. The predicted octanol–water partition coefficient (Wildman–Crippen LogP) is 5.06. The Morgan fingerprint density at radius 1 is 0.964 bits per heavy atom. The third-order valence-corrected chi connectivity index (χ3v) is 10.5. The maximum atomic E-state index is 10.7. The van der Waals surface area contributed by atoms with E-state index in [1.807, 2.05) is 12.1 Å². The molecule has 1 N–H and O–H groups in total. The Balaban J connectivity index is 2.60. The molecule has 2 nitrogen and oxygen atoms in total. The molecule has 2 aromatic rings. The number of unbranched alkanes of at least 4 members (excludes halogenated alkanes) is 2. The number of aliphatic hydroxyl groups is 1. The fraction of sp³-hybridized carbons (Fsp3) is 0.440. The van der Waals surface area contributed by atoms with Gasteiger partial charge in [0.25, 0.3) is 8.32 Å². The van der Waals surface area contributed by atoms with Crippen molar-refractivity contribution in [3.8, 4) is 0 Å². The van der Waals surface area contributed by atoms with Crippen LogP contribution in [0.5, 0.6) is 0 Å². The van der Waals surface area contributed by atoms with Gasteiger partial charge < -0.3 is 9.53 Å². The molecule has 2 atom stereocenters. The first kappa shape index (κ1) is 22.6. The highest BCUT2D eigenvalue weighted by Gasteiger charge is 2.51. The van der Waals surface area contributed by atoms with Crippen molar-refractivity contribution in [2.75, 3.05) is 0 Å². The van der Waals surface area contributed by atoms with E-state index in [-0.39, 0.29) is 11.1 Å². The zero-order chi connectivity index (χ0) is 20.6. The monoisotopic (exact) mass is 396 g/mol. The summed E-state index contributed by atoms with van der Waals surface area (Å²) < 4.78 is 7.09. The third-order valence-electron chi connectivity index (χ3n) is 5.46. The molecule has 28 heavy (non-hydrogen) atoms. The summed E-state index contributed by atoms with van der Waals surface area (Å²) in [5.74, 6) is 0. The second-order valence-corrected chi connectivity index (χ2v) is 12.8. The van der Waals surface area contributed by atoms with Crippen LogP contribution in [0.4, 0.5) is 0 Å². The van der Waals surface area contributed by atoms with E-state index in [0.29, 0.717) is 0 Å². The molecule has 0 bridgehead atoms. The van der Waals surface area contributed by atoms with E-state index in [1.54, 1.807) is 6.08 Å². The van der Waals surface area contributed by atoms with Gasteiger partial charge >= 0.3 is 0 Å². The van der Waals surface area contributed by atoms with Crippen LogP contribution in [-0.2, 0) is 4.43 Å². The maximum Gasteiger partial charge on any atom is 0.261 e. The van der Waals surface area contributed by atoms with Gasteiger partial charge in [0, 0.05) is 0 Å². The van der Waals surface area contributed by atoms with E-state index in [4.69, 9.17) is 4.43 Å². The molecule has 0 heterocycles. The molecule has 0 saturated heterocycles. The fourth-order valence-corrected chi connectivity index (χ4v) is 8.69. The van der Waals surface area contributed by atoms with E-state index in [0.717, 1.165) is 25.7 Å². The molecule has 2 rings (SSSR count). The first-order valence-electron chi connectivity index (χ1n) is 10.5. The van der Waals surface area contributed by atoms with Gasteiger partial charge in [-0.05, 0) is 21.8 Å². The lowest BCUT2D eigenvalue weighted by molar-refractivity contribution is 0.0527. The van der Waals surface area contributed by atoms with E-state index in [2.05, 4.69) is 82.8 Å². The fourth-order valence-electron chi connectivity index (χ4n) is 3.97. The third kappa shape index (κ3) is 5.02. The van der Waals surface area contributed by atoms with E-state index in [9.17, 15) is 5.11 Å². The van der Waals surface area contributed by atoms with Gasteiger partial charge in [-0.15, -0.1) is 6.58 Å². The van der Waals surface area contributed by atoms with Gasteiger partial charge in [0.05, 0.1) is 12.2 Å². The Hall–Kier alpha value is -1.68. The van der Waals surface area contributed by atoms with Crippen LogP contribution < -0.4 is 10.4 Å². The smallest absolute Gasteiger partial charge is 0.261 e. The summed E-state index contributed by atoms with van der Waals surface area (Å²) in [6.07, 6.45) is 4.87. The van der Waals surface area contributed by atoms with Crippen LogP contribution in [-0.4, -0.2) is 25.6 Å². The second-order valence-electron chi connectivity index (χ2n) is 8.54. The maximum absolute atomic E-state index is 10.7. The number of hydrogen-bond donors (Lipinski definition) is 1. The summed E-state index contributed by atoms with van der Waals surface area (Å²) >= 11 is 0. The molecule has 0 spiro atoms. The Labute approximate surface area is 172 Å². The summed E-state index contributed by atoms with van der Waals surface area (Å²) in [4.78, 5) is 0. The van der Waals surface area contributed by atoms with Crippen LogP contribution in [0.3, 0.4) is 0 Å². The molecular weight excluding hydrogens is 360 g/mol. The molecule has 1 unspecified atom stereocenters. The number of aliphatic hydroxyl groups excluding tert-OH is 1. The van der Waals surface area contributed by atoms with Crippen molar-refractivity contribution in [1.29, 1.82) is 0 Å². The van der Waals surface area contributed by atoms with Crippen LogP contribution in [0.1, 0.15) is 53.4 Å². The topological polar surface area (TPSA) is 29.5 Å². The highest BCUT2D eigenvalue weighted by Crippen LogP contribution is 2.38. The van der Waals surface area contributed by atoms with E-state index in [1.165, 1.54) is 10.4 Å². The van der Waals surface area contributed by atoms with E-state index < -0.39 is 14.4 Å². The molecule has 0 aliphatic heterocycles. The molecular formula is C25H36O2Si. The average molecular weight is 397 g/mol. The number of hydrogen-bond acceptors (Lipinski definition) is 2. The van der Waals surface area contributed by atoms with Crippen LogP contribution in [0.2, 0.25) is 5.04 Å². The van der Waals surface area contributed by atoms with Crippen molar-refractivity contribution in [2.45, 2.75) is 70.6 Å². The Bertz CT molecular complexity index is 667. The quantitative estimate of drug-likeness (QED) is 0.346. The zero-order valence-electron chi connectivity index (χ0n) is 17.9. The van der Waals surface area contributed by atoms with Crippen LogP contribution >= 0.6 is 0 Å². The Morgan fingerprint density at radius 2 is 1.46 bits per heavy atom. The Morgan fingerprint density at radius 3 is 1.86 bits per heavy atom. The normalized spacial score (nSPS) is 14.5. The standard InChI is InChI=1S/C25H36O2Si/c1-6-8-11-20-24(23(26)7-2)27-28(25(3,4)5,21-16-12-9-13-17-21)22-18-14-10-15-19-22/h7,9-10,12-19,23-24,26H,2,6,8,11,20H2,1,3-5H3/t23?,24-/m0/s1. The molecule has 0 fully saturated rings. The van der Waals surface area contributed by atoms with E-state index >= 15 is 0 Å². The number of benzene rings is 2. The first-order chi connectivity index (χ1) is 13.4. The lowest BCUT2D eigenvalue weighted by Crippen LogP contribution is -2.68. The predicted molar refractivity (Wildman–Crippen MR) is 123 cm³/mol. The molecule has 3 heteroatoms.